The Morgan fingerprint density at radius 1 is 1.09 bits per heavy atom. The minimum absolute atomic E-state index is 0.0670. The van der Waals surface area contributed by atoms with Gasteiger partial charge in [-0.2, -0.15) is 4.98 Å². The summed E-state index contributed by atoms with van der Waals surface area (Å²) < 4.78 is 44.0. The van der Waals surface area contributed by atoms with Crippen molar-refractivity contribution in [3.8, 4) is 5.69 Å². The predicted octanol–water partition coefficient (Wildman–Crippen LogP) is 4.64. The molecular formula is C24H21F3N4O2. The van der Waals surface area contributed by atoms with Crippen molar-refractivity contribution in [3.63, 3.8) is 0 Å². The molecule has 0 bridgehead atoms. The molecule has 0 fully saturated rings. The van der Waals surface area contributed by atoms with Gasteiger partial charge in [0.05, 0.1) is 17.3 Å². The van der Waals surface area contributed by atoms with E-state index in [1.54, 1.807) is 20.8 Å². The first-order chi connectivity index (χ1) is 15.6. The molecule has 4 rings (SSSR count). The Morgan fingerprint density at radius 2 is 1.73 bits per heavy atom. The maximum absolute atomic E-state index is 14.8. The summed E-state index contributed by atoms with van der Waals surface area (Å²) in [5, 5.41) is 13.5. The Bertz CT molecular complexity index is 1320. The molecule has 0 aliphatic carbocycles. The van der Waals surface area contributed by atoms with Gasteiger partial charge in [0.2, 0.25) is 11.7 Å². The maximum atomic E-state index is 14.8. The van der Waals surface area contributed by atoms with E-state index in [-0.39, 0.29) is 22.9 Å². The van der Waals surface area contributed by atoms with Gasteiger partial charge in [0.25, 0.3) is 0 Å². The van der Waals surface area contributed by atoms with Gasteiger partial charge in [-0.1, -0.05) is 6.07 Å². The van der Waals surface area contributed by atoms with Gasteiger partial charge in [0.1, 0.15) is 23.1 Å². The van der Waals surface area contributed by atoms with Gasteiger partial charge in [0.15, 0.2) is 5.65 Å². The second-order valence-corrected chi connectivity index (χ2v) is 8.26. The smallest absolute Gasteiger partial charge is 0.224 e. The summed E-state index contributed by atoms with van der Waals surface area (Å²) in [6, 6.07) is 9.18. The molecule has 0 saturated heterocycles. The van der Waals surface area contributed by atoms with E-state index in [0.29, 0.717) is 5.39 Å². The Labute approximate surface area is 187 Å². The maximum Gasteiger partial charge on any atom is 0.224 e. The van der Waals surface area contributed by atoms with E-state index in [2.05, 4.69) is 15.3 Å². The number of ketones is 1. The second-order valence-electron chi connectivity index (χ2n) is 8.26. The van der Waals surface area contributed by atoms with Crippen molar-refractivity contribution in [1.82, 2.24) is 14.5 Å². The molecule has 0 spiro atoms. The highest BCUT2D eigenvalue weighted by Gasteiger charge is 2.26. The van der Waals surface area contributed by atoms with E-state index < -0.39 is 40.6 Å². The number of carbonyl (C=O) groups excluding carboxylic acids is 1. The van der Waals surface area contributed by atoms with Crippen LogP contribution in [0, 0.1) is 17.5 Å². The zero-order valence-corrected chi connectivity index (χ0v) is 18.1. The van der Waals surface area contributed by atoms with E-state index in [1.165, 1.54) is 30.5 Å². The van der Waals surface area contributed by atoms with E-state index in [9.17, 15) is 23.1 Å². The lowest BCUT2D eigenvalue weighted by Crippen LogP contribution is -2.39. The molecule has 33 heavy (non-hydrogen) atoms. The molecule has 1 atom stereocenters. The Hall–Kier alpha value is -3.72. The lowest BCUT2D eigenvalue weighted by atomic mass is 10.0. The van der Waals surface area contributed by atoms with Gasteiger partial charge in [0, 0.05) is 17.1 Å². The zero-order valence-electron chi connectivity index (χ0n) is 18.1. The molecule has 4 aromatic rings. The van der Waals surface area contributed by atoms with Gasteiger partial charge >= 0.3 is 0 Å². The summed E-state index contributed by atoms with van der Waals surface area (Å²) in [4.78, 5) is 21.8. The van der Waals surface area contributed by atoms with Crippen LogP contribution >= 0.6 is 0 Å². The number of carbonyl (C=O) groups is 1. The molecule has 0 unspecified atom stereocenters. The molecular weight excluding hydrogens is 433 g/mol. The third-order valence-electron chi connectivity index (χ3n) is 5.45. The molecule has 9 heteroatoms. The lowest BCUT2D eigenvalue weighted by Gasteiger charge is -2.26. The van der Waals surface area contributed by atoms with Crippen molar-refractivity contribution >= 4 is 22.8 Å². The number of benzene rings is 2. The Kier molecular flexibility index (Phi) is 5.67. The van der Waals surface area contributed by atoms with Crippen molar-refractivity contribution in [2.45, 2.75) is 32.4 Å². The molecule has 6 nitrogen and oxygen atoms in total. The number of hydrogen-bond donors (Lipinski definition) is 2. The van der Waals surface area contributed by atoms with Gasteiger partial charge in [-0.3, -0.25) is 9.36 Å². The third-order valence-corrected chi connectivity index (χ3v) is 5.45. The van der Waals surface area contributed by atoms with Gasteiger partial charge in [-0.15, -0.1) is 0 Å². The monoisotopic (exact) mass is 454 g/mol. The summed E-state index contributed by atoms with van der Waals surface area (Å²) in [6.07, 6.45) is 1.42. The number of halogens is 3. The Balaban J connectivity index is 1.94. The number of anilines is 1. The minimum Gasteiger partial charge on any atom is -0.388 e. The highest BCUT2D eigenvalue weighted by atomic mass is 19.1. The standard InChI is InChI=1S/C24H21F3N4O2/c1-13(24(2,3)33)29-23-28-12-15-11-19(21(32)14-7-9-16(25)10-8-14)31(22(15)30-23)20-17(26)5-4-6-18(20)27/h4-13,33H,1-3H3,(H,28,29,30)/t13-/m0/s1. The molecule has 2 aromatic carbocycles. The fraction of sp³-hybridized carbons (Fsp3) is 0.208. The number of nitrogens with zero attached hydrogens (tertiary/aromatic N) is 3. The molecule has 2 heterocycles. The molecule has 0 radical (unpaired) electrons. The summed E-state index contributed by atoms with van der Waals surface area (Å²) in [7, 11) is 0. The number of aliphatic hydroxyl groups is 1. The van der Waals surface area contributed by atoms with Crippen LogP contribution in [0.25, 0.3) is 16.7 Å². The van der Waals surface area contributed by atoms with Crippen molar-refractivity contribution in [2.75, 3.05) is 5.32 Å². The fourth-order valence-corrected chi connectivity index (χ4v) is 3.27. The van der Waals surface area contributed by atoms with E-state index >= 15 is 0 Å². The number of fused-ring (bicyclic) bond motifs is 1. The predicted molar refractivity (Wildman–Crippen MR) is 118 cm³/mol. The second kappa shape index (κ2) is 8.32. The summed E-state index contributed by atoms with van der Waals surface area (Å²) in [5.74, 6) is -2.77. The highest BCUT2D eigenvalue weighted by Crippen LogP contribution is 2.29. The van der Waals surface area contributed by atoms with Crippen LogP contribution in [0.1, 0.15) is 36.8 Å². The average Bonchev–Trinajstić information content (AvgIpc) is 3.11. The number of hydrogen-bond acceptors (Lipinski definition) is 5. The minimum atomic E-state index is -1.10. The Morgan fingerprint density at radius 3 is 2.33 bits per heavy atom. The molecule has 170 valence electrons. The van der Waals surface area contributed by atoms with Crippen molar-refractivity contribution in [1.29, 1.82) is 0 Å². The van der Waals surface area contributed by atoms with Crippen LogP contribution in [0.3, 0.4) is 0 Å². The largest absolute Gasteiger partial charge is 0.388 e. The summed E-state index contributed by atoms with van der Waals surface area (Å²) in [5.41, 5.74) is -1.41. The normalized spacial score (nSPS) is 12.7. The van der Waals surface area contributed by atoms with Crippen LogP contribution in [0.2, 0.25) is 0 Å². The number of para-hydroxylation sites is 1. The fourth-order valence-electron chi connectivity index (χ4n) is 3.27. The first-order valence-electron chi connectivity index (χ1n) is 10.2. The molecule has 0 aliphatic heterocycles. The van der Waals surface area contributed by atoms with Crippen LogP contribution in [-0.4, -0.2) is 37.1 Å². The van der Waals surface area contributed by atoms with Crippen molar-refractivity contribution in [2.24, 2.45) is 0 Å². The number of nitrogens with one attached hydrogen (secondary N) is 1. The highest BCUT2D eigenvalue weighted by molar-refractivity contribution is 6.10. The summed E-state index contributed by atoms with van der Waals surface area (Å²) >= 11 is 0. The zero-order chi connectivity index (χ0) is 23.9. The quantitative estimate of drug-likeness (QED) is 0.415. The topological polar surface area (TPSA) is 80.0 Å². The van der Waals surface area contributed by atoms with Crippen molar-refractivity contribution in [3.05, 3.63) is 83.4 Å². The SMILES string of the molecule is C[C@H](Nc1ncc2cc(C(=O)c3ccc(F)cc3)n(-c3c(F)cccc3F)c2n1)C(C)(C)O. The van der Waals surface area contributed by atoms with Gasteiger partial charge in [-0.25, -0.2) is 18.2 Å². The lowest BCUT2D eigenvalue weighted by molar-refractivity contribution is 0.0646. The van der Waals surface area contributed by atoms with Gasteiger partial charge < -0.3 is 10.4 Å². The van der Waals surface area contributed by atoms with Crippen molar-refractivity contribution < 1.29 is 23.1 Å². The molecule has 0 amide bonds. The van der Waals surface area contributed by atoms with Crippen LogP contribution in [0.5, 0.6) is 0 Å². The molecule has 0 aliphatic rings. The van der Waals surface area contributed by atoms with Crippen LogP contribution in [0.15, 0.2) is 54.7 Å². The van der Waals surface area contributed by atoms with E-state index in [4.69, 9.17) is 0 Å². The van der Waals surface area contributed by atoms with Crippen LogP contribution in [0.4, 0.5) is 19.1 Å². The number of aromatic nitrogens is 3. The first kappa shape index (κ1) is 22.5. The number of rotatable bonds is 6. The third kappa shape index (κ3) is 4.31. The van der Waals surface area contributed by atoms with Crippen LogP contribution in [-0.2, 0) is 0 Å². The van der Waals surface area contributed by atoms with E-state index in [0.717, 1.165) is 28.8 Å². The molecule has 2 N–H and O–H groups in total. The molecule has 0 saturated carbocycles. The van der Waals surface area contributed by atoms with Gasteiger partial charge in [-0.05, 0) is 63.2 Å². The first-order valence-corrected chi connectivity index (χ1v) is 10.2. The van der Waals surface area contributed by atoms with E-state index in [1.807, 2.05) is 0 Å². The summed E-state index contributed by atoms with van der Waals surface area (Å²) in [6.45, 7) is 4.95. The molecule has 2 aromatic heterocycles. The van der Waals surface area contributed by atoms with Crippen LogP contribution < -0.4 is 5.32 Å². The average molecular weight is 454 g/mol.